The van der Waals surface area contributed by atoms with E-state index in [4.69, 9.17) is 5.73 Å². The normalized spacial score (nSPS) is 12.7. The highest BCUT2D eigenvalue weighted by Gasteiger charge is 2.04. The molecule has 14 heavy (non-hydrogen) atoms. The summed E-state index contributed by atoms with van der Waals surface area (Å²) in [5.74, 6) is -0.484. The van der Waals surface area contributed by atoms with E-state index < -0.39 is 5.97 Å². The van der Waals surface area contributed by atoms with Crippen LogP contribution in [0.1, 0.15) is 17.3 Å². The van der Waals surface area contributed by atoms with Crippen LogP contribution in [0.5, 0.6) is 0 Å². The second kappa shape index (κ2) is 5.14. The molecule has 1 aromatic carbocycles. The van der Waals surface area contributed by atoms with Crippen LogP contribution in [0.15, 0.2) is 35.5 Å². The predicted molar refractivity (Wildman–Crippen MR) is 54.0 cm³/mol. The van der Waals surface area contributed by atoms with Crippen LogP contribution in [-0.4, -0.2) is 18.2 Å². The fourth-order valence-electron chi connectivity index (χ4n) is 0.801. The molecule has 0 aliphatic rings. The van der Waals surface area contributed by atoms with E-state index in [1.54, 1.807) is 31.2 Å². The van der Waals surface area contributed by atoms with E-state index in [0.717, 1.165) is 0 Å². The highest BCUT2D eigenvalue weighted by atomic mass is 16.7. The van der Waals surface area contributed by atoms with Gasteiger partial charge in [-0.05, 0) is 19.1 Å². The topological polar surface area (TPSA) is 64.7 Å². The lowest BCUT2D eigenvalue weighted by molar-refractivity contribution is 0.0518. The molecule has 2 N–H and O–H groups in total. The van der Waals surface area contributed by atoms with Crippen LogP contribution in [0.4, 0.5) is 0 Å². The fourth-order valence-corrected chi connectivity index (χ4v) is 0.801. The van der Waals surface area contributed by atoms with Gasteiger partial charge in [-0.2, -0.15) is 0 Å². The first-order chi connectivity index (χ1) is 6.70. The molecule has 0 aromatic heterocycles. The van der Waals surface area contributed by atoms with Crippen LogP contribution >= 0.6 is 0 Å². The number of oxime groups is 1. The molecular weight excluding hydrogens is 180 g/mol. The van der Waals surface area contributed by atoms with Gasteiger partial charge in [-0.3, -0.25) is 0 Å². The maximum atomic E-state index is 11.2. The van der Waals surface area contributed by atoms with Crippen molar-refractivity contribution in [2.75, 3.05) is 0 Å². The molecule has 0 saturated carbocycles. The maximum absolute atomic E-state index is 11.2. The lowest BCUT2D eigenvalue weighted by Gasteiger charge is -1.97. The first-order valence-electron chi connectivity index (χ1n) is 4.25. The second-order valence-corrected chi connectivity index (χ2v) is 2.86. The zero-order valence-electron chi connectivity index (χ0n) is 7.88. The van der Waals surface area contributed by atoms with Crippen LogP contribution in [0.2, 0.25) is 0 Å². The van der Waals surface area contributed by atoms with Crippen molar-refractivity contribution in [1.82, 2.24) is 0 Å². The molecule has 4 heteroatoms. The number of nitrogens with zero attached hydrogens (tertiary/aromatic N) is 1. The Bertz CT molecular complexity index is 320. The van der Waals surface area contributed by atoms with Gasteiger partial charge in [0, 0.05) is 6.04 Å². The smallest absolute Gasteiger partial charge is 0.323 e. The molecule has 0 heterocycles. The molecule has 0 radical (unpaired) electrons. The molecule has 0 bridgehead atoms. The second-order valence-electron chi connectivity index (χ2n) is 2.86. The fraction of sp³-hybridized carbons (Fsp3) is 0.200. The third-order valence-electron chi connectivity index (χ3n) is 1.44. The van der Waals surface area contributed by atoms with E-state index in [1.165, 1.54) is 6.21 Å². The number of rotatable bonds is 3. The molecule has 0 fully saturated rings. The molecule has 4 nitrogen and oxygen atoms in total. The van der Waals surface area contributed by atoms with E-state index in [1.807, 2.05) is 6.07 Å². The van der Waals surface area contributed by atoms with Gasteiger partial charge in [0.05, 0.1) is 11.8 Å². The molecule has 0 aliphatic carbocycles. The minimum Gasteiger partial charge on any atom is -0.323 e. The zero-order valence-corrected chi connectivity index (χ0v) is 7.88. The van der Waals surface area contributed by atoms with Gasteiger partial charge in [-0.25, -0.2) is 4.79 Å². The number of nitrogens with two attached hydrogens (primary N) is 1. The Morgan fingerprint density at radius 1 is 1.50 bits per heavy atom. The Kier molecular flexibility index (Phi) is 3.82. The van der Waals surface area contributed by atoms with Crippen molar-refractivity contribution in [3.63, 3.8) is 0 Å². The molecule has 1 atom stereocenters. The van der Waals surface area contributed by atoms with E-state index in [9.17, 15) is 4.79 Å². The van der Waals surface area contributed by atoms with Crippen molar-refractivity contribution in [3.05, 3.63) is 35.9 Å². The third kappa shape index (κ3) is 3.37. The monoisotopic (exact) mass is 192 g/mol. The Balaban J connectivity index is 2.52. The van der Waals surface area contributed by atoms with Gasteiger partial charge in [0.1, 0.15) is 0 Å². The van der Waals surface area contributed by atoms with Gasteiger partial charge in [-0.1, -0.05) is 23.4 Å². The van der Waals surface area contributed by atoms with E-state index in [2.05, 4.69) is 9.99 Å². The van der Waals surface area contributed by atoms with Crippen LogP contribution in [0, 0.1) is 0 Å². The molecule has 0 amide bonds. The molecule has 1 unspecified atom stereocenters. The van der Waals surface area contributed by atoms with E-state index in [0.29, 0.717) is 5.56 Å². The lowest BCUT2D eigenvalue weighted by Crippen LogP contribution is -2.16. The molecule has 0 spiro atoms. The van der Waals surface area contributed by atoms with Crippen molar-refractivity contribution < 1.29 is 9.63 Å². The third-order valence-corrected chi connectivity index (χ3v) is 1.44. The first kappa shape index (κ1) is 10.4. The number of carbonyl (C=O) groups is 1. The van der Waals surface area contributed by atoms with Gasteiger partial charge >= 0.3 is 5.97 Å². The SMILES string of the molecule is CC(N)C=NOC(=O)c1ccccc1. The summed E-state index contributed by atoms with van der Waals surface area (Å²) in [6.07, 6.45) is 1.36. The first-order valence-corrected chi connectivity index (χ1v) is 4.25. The highest BCUT2D eigenvalue weighted by molar-refractivity contribution is 5.89. The number of hydrogen-bond donors (Lipinski definition) is 1. The minimum absolute atomic E-state index is 0.224. The van der Waals surface area contributed by atoms with Crippen LogP contribution < -0.4 is 5.73 Å². The molecule has 0 saturated heterocycles. The van der Waals surface area contributed by atoms with Crippen LogP contribution in [0.25, 0.3) is 0 Å². The van der Waals surface area contributed by atoms with Gasteiger partial charge in [0.25, 0.3) is 0 Å². The van der Waals surface area contributed by atoms with E-state index in [-0.39, 0.29) is 6.04 Å². The Hall–Kier alpha value is -1.68. The summed E-state index contributed by atoms with van der Waals surface area (Å²) >= 11 is 0. The van der Waals surface area contributed by atoms with E-state index >= 15 is 0 Å². The maximum Gasteiger partial charge on any atom is 0.365 e. The van der Waals surface area contributed by atoms with Crippen molar-refractivity contribution in [2.45, 2.75) is 13.0 Å². The van der Waals surface area contributed by atoms with Gasteiger partial charge in [0.2, 0.25) is 0 Å². The quantitative estimate of drug-likeness (QED) is 0.444. The highest BCUT2D eigenvalue weighted by Crippen LogP contribution is 2.00. The summed E-state index contributed by atoms with van der Waals surface area (Å²) in [5.41, 5.74) is 5.84. The average Bonchev–Trinajstić information content (AvgIpc) is 2.18. The molecule has 0 aliphatic heterocycles. The number of benzene rings is 1. The summed E-state index contributed by atoms with van der Waals surface area (Å²) in [6, 6.07) is 8.42. The minimum atomic E-state index is -0.484. The summed E-state index contributed by atoms with van der Waals surface area (Å²) in [6.45, 7) is 1.74. The summed E-state index contributed by atoms with van der Waals surface area (Å²) in [5, 5.41) is 3.45. The zero-order chi connectivity index (χ0) is 10.4. The summed E-state index contributed by atoms with van der Waals surface area (Å²) in [7, 11) is 0. The lowest BCUT2D eigenvalue weighted by atomic mass is 10.2. The van der Waals surface area contributed by atoms with Crippen molar-refractivity contribution in [2.24, 2.45) is 10.9 Å². The average molecular weight is 192 g/mol. The van der Waals surface area contributed by atoms with Crippen molar-refractivity contribution >= 4 is 12.2 Å². The molecule has 74 valence electrons. The van der Waals surface area contributed by atoms with Gasteiger partial charge in [-0.15, -0.1) is 0 Å². The van der Waals surface area contributed by atoms with Gasteiger partial charge in [0.15, 0.2) is 0 Å². The van der Waals surface area contributed by atoms with Crippen molar-refractivity contribution in [1.29, 1.82) is 0 Å². The van der Waals surface area contributed by atoms with Crippen LogP contribution in [0.3, 0.4) is 0 Å². The summed E-state index contributed by atoms with van der Waals surface area (Å²) < 4.78 is 0. The number of hydrogen-bond acceptors (Lipinski definition) is 4. The largest absolute Gasteiger partial charge is 0.365 e. The number of carbonyl (C=O) groups excluding carboxylic acids is 1. The molecule has 1 aromatic rings. The standard InChI is InChI=1S/C10H12N2O2/c1-8(11)7-12-14-10(13)9-5-3-2-4-6-9/h2-8H,11H2,1H3. The Morgan fingerprint density at radius 3 is 2.71 bits per heavy atom. The van der Waals surface area contributed by atoms with Crippen molar-refractivity contribution in [3.8, 4) is 0 Å². The summed E-state index contributed by atoms with van der Waals surface area (Å²) in [4.78, 5) is 15.8. The Labute approximate surface area is 82.4 Å². The molecule has 1 rings (SSSR count). The predicted octanol–water partition coefficient (Wildman–Crippen LogP) is 1.18. The van der Waals surface area contributed by atoms with Gasteiger partial charge < -0.3 is 10.6 Å². The molecular formula is C10H12N2O2. The van der Waals surface area contributed by atoms with Crippen LogP contribution in [-0.2, 0) is 4.84 Å². The Morgan fingerprint density at radius 2 is 2.14 bits per heavy atom.